The van der Waals surface area contributed by atoms with Crippen LogP contribution in [0.3, 0.4) is 0 Å². The summed E-state index contributed by atoms with van der Waals surface area (Å²) in [7, 11) is 0. The fourth-order valence-corrected chi connectivity index (χ4v) is 3.45. The monoisotopic (exact) mass is 393 g/mol. The van der Waals surface area contributed by atoms with Crippen LogP contribution in [0.2, 0.25) is 0 Å². The van der Waals surface area contributed by atoms with Gasteiger partial charge in [0, 0.05) is 0 Å². The average molecular weight is 393 g/mol. The molecule has 1 N–H and O–H groups in total. The molecule has 0 aromatic heterocycles. The number of amides is 1. The van der Waals surface area contributed by atoms with E-state index in [0.717, 1.165) is 12.5 Å². The number of nitrogens with one attached hydrogen (secondary N) is 1. The number of carbonyl (C=O) groups is 1. The molecule has 2 atom stereocenters. The third-order valence-corrected chi connectivity index (χ3v) is 4.60. The van der Waals surface area contributed by atoms with Crippen LogP contribution in [-0.4, -0.2) is 16.9 Å². The van der Waals surface area contributed by atoms with Crippen LogP contribution >= 0.6 is 0 Å². The first-order valence-corrected chi connectivity index (χ1v) is 7.88. The van der Waals surface area contributed by atoms with E-state index in [1.54, 1.807) is 19.4 Å². The Morgan fingerprint density at radius 3 is 2.56 bits per heavy atom. The van der Waals surface area contributed by atoms with Crippen molar-refractivity contribution in [1.29, 1.82) is 0 Å². The number of rotatable bonds is 3. The van der Waals surface area contributed by atoms with Crippen molar-refractivity contribution in [1.82, 2.24) is 5.32 Å². The zero-order chi connectivity index (χ0) is 12.2. The summed E-state index contributed by atoms with van der Waals surface area (Å²) in [4.78, 5) is 11.8. The van der Waals surface area contributed by atoms with Crippen LogP contribution in [0.5, 0.6) is 0 Å². The predicted molar refractivity (Wildman–Crippen MR) is 64.0 cm³/mol. The molecule has 1 aliphatic carbocycles. The summed E-state index contributed by atoms with van der Waals surface area (Å²) in [5, 5.41) is 3.11. The van der Waals surface area contributed by atoms with Gasteiger partial charge in [0.15, 0.2) is 0 Å². The molecule has 0 bridgehead atoms. The fraction of sp³-hybridized carbons (Fsp3) is 0.846. The molecule has 16 heavy (non-hydrogen) atoms. The van der Waals surface area contributed by atoms with Gasteiger partial charge in [-0.15, -0.1) is 0 Å². The van der Waals surface area contributed by atoms with Crippen LogP contribution in [0, 0.1) is 17.3 Å². The van der Waals surface area contributed by atoms with Gasteiger partial charge in [0.25, 0.3) is 0 Å². The second-order valence-corrected chi connectivity index (χ2v) is 6.78. The first-order valence-electron chi connectivity index (χ1n) is 6.18. The van der Waals surface area contributed by atoms with E-state index in [2.05, 4.69) is 9.72 Å². The number of carbonyl (C=O) groups excluding carboxylic acids is 1. The van der Waals surface area contributed by atoms with Crippen molar-refractivity contribution < 1.29 is 24.1 Å². The molecule has 0 aliphatic heterocycles. The normalized spacial score (nSPS) is 26.2. The molecule has 0 radical (unpaired) electrons. The van der Waals surface area contributed by atoms with Gasteiger partial charge in [0.1, 0.15) is 0 Å². The van der Waals surface area contributed by atoms with Crippen molar-refractivity contribution in [3.05, 3.63) is 0 Å². The SMILES string of the molecule is CC(C)(C)C(=O)NCC1CCCCC1[CH]=[W]. The number of hydrogen-bond acceptors (Lipinski definition) is 1. The van der Waals surface area contributed by atoms with E-state index in [1.165, 1.54) is 25.7 Å². The third kappa shape index (κ3) is 4.12. The minimum atomic E-state index is -0.259. The molecule has 1 saturated carbocycles. The molecule has 1 aliphatic rings. The summed E-state index contributed by atoms with van der Waals surface area (Å²) in [6, 6.07) is 0. The van der Waals surface area contributed by atoms with Gasteiger partial charge >= 0.3 is 110 Å². The molecule has 1 rings (SSSR count). The van der Waals surface area contributed by atoms with E-state index in [4.69, 9.17) is 0 Å². The molecule has 0 aromatic rings. The summed E-state index contributed by atoms with van der Waals surface area (Å²) >= 11 is 1.56. The average Bonchev–Trinajstić information content (AvgIpc) is 2.24. The van der Waals surface area contributed by atoms with Gasteiger partial charge in [-0.3, -0.25) is 0 Å². The first-order chi connectivity index (χ1) is 7.45. The van der Waals surface area contributed by atoms with Crippen LogP contribution in [0.15, 0.2) is 0 Å². The van der Waals surface area contributed by atoms with Gasteiger partial charge in [-0.05, 0) is 0 Å². The topological polar surface area (TPSA) is 29.1 Å². The molecule has 0 saturated heterocycles. The molecule has 3 heteroatoms. The quantitative estimate of drug-likeness (QED) is 0.784. The van der Waals surface area contributed by atoms with Crippen LogP contribution in [0.25, 0.3) is 0 Å². The standard InChI is InChI=1S/C13H23NO.W/c1-10-7-5-6-8-11(10)9-14-12(15)13(2,3)4;/h1,10-11H,5-9H2,2-4H3,(H,14,15);. The summed E-state index contributed by atoms with van der Waals surface area (Å²) in [6.07, 6.45) is 5.28. The Hall–Kier alpha value is 0.0283. The molecule has 1 fully saturated rings. The molecule has 0 spiro atoms. The van der Waals surface area contributed by atoms with E-state index in [-0.39, 0.29) is 11.3 Å². The Bertz CT molecular complexity index is 257. The minimum absolute atomic E-state index is 0.181. The summed E-state index contributed by atoms with van der Waals surface area (Å²) < 4.78 is 2.40. The number of hydrogen-bond donors (Lipinski definition) is 1. The molecule has 1 amide bonds. The van der Waals surface area contributed by atoms with Crippen LogP contribution < -0.4 is 5.32 Å². The zero-order valence-corrected chi connectivity index (χ0v) is 13.5. The summed E-state index contributed by atoms with van der Waals surface area (Å²) in [5.41, 5.74) is -0.259. The second kappa shape index (κ2) is 6.09. The van der Waals surface area contributed by atoms with Gasteiger partial charge in [-0.2, -0.15) is 0 Å². The Morgan fingerprint density at radius 2 is 2.00 bits per heavy atom. The van der Waals surface area contributed by atoms with Crippen LogP contribution in [-0.2, 0) is 24.1 Å². The Balaban J connectivity index is 2.41. The van der Waals surface area contributed by atoms with Crippen molar-refractivity contribution in [2.24, 2.45) is 17.3 Å². The van der Waals surface area contributed by atoms with Crippen molar-refractivity contribution >= 4 is 10.3 Å². The summed E-state index contributed by atoms with van der Waals surface area (Å²) in [6.45, 7) is 6.77. The Morgan fingerprint density at radius 1 is 1.38 bits per heavy atom. The van der Waals surface area contributed by atoms with Crippen molar-refractivity contribution in [3.8, 4) is 0 Å². The second-order valence-electron chi connectivity index (χ2n) is 5.80. The Labute approximate surface area is 110 Å². The molecular weight excluding hydrogens is 370 g/mol. The van der Waals surface area contributed by atoms with E-state index in [0.29, 0.717) is 5.92 Å². The molecule has 0 heterocycles. The third-order valence-electron chi connectivity index (χ3n) is 3.35. The maximum absolute atomic E-state index is 11.8. The molecule has 2 nitrogen and oxygen atoms in total. The van der Waals surface area contributed by atoms with Gasteiger partial charge < -0.3 is 0 Å². The Kier molecular flexibility index (Phi) is 5.37. The zero-order valence-electron chi connectivity index (χ0n) is 10.6. The fourth-order valence-electron chi connectivity index (χ4n) is 2.16. The van der Waals surface area contributed by atoms with Gasteiger partial charge in [-0.25, -0.2) is 0 Å². The predicted octanol–water partition coefficient (Wildman–Crippen LogP) is 2.30. The van der Waals surface area contributed by atoms with E-state index in [1.807, 2.05) is 20.8 Å². The van der Waals surface area contributed by atoms with E-state index < -0.39 is 0 Å². The van der Waals surface area contributed by atoms with Crippen LogP contribution in [0.4, 0.5) is 0 Å². The molecule has 2 unspecified atom stereocenters. The molecule has 92 valence electrons. The van der Waals surface area contributed by atoms with Crippen molar-refractivity contribution in [2.75, 3.05) is 6.54 Å². The van der Waals surface area contributed by atoms with Gasteiger partial charge in [-0.1, -0.05) is 0 Å². The van der Waals surface area contributed by atoms with Crippen LogP contribution in [0.1, 0.15) is 46.5 Å². The van der Waals surface area contributed by atoms with Crippen molar-refractivity contribution in [3.63, 3.8) is 0 Å². The van der Waals surface area contributed by atoms with Gasteiger partial charge in [0.05, 0.1) is 0 Å². The first kappa shape index (κ1) is 14.1. The van der Waals surface area contributed by atoms with Crippen molar-refractivity contribution in [2.45, 2.75) is 46.5 Å². The summed E-state index contributed by atoms with van der Waals surface area (Å²) in [5.74, 6) is 1.60. The molecule has 0 aromatic carbocycles. The van der Waals surface area contributed by atoms with E-state index in [9.17, 15) is 4.79 Å². The maximum atomic E-state index is 11.8. The van der Waals surface area contributed by atoms with Gasteiger partial charge in [0.2, 0.25) is 0 Å². The molecular formula is C13H23NOW. The van der Waals surface area contributed by atoms with E-state index >= 15 is 0 Å².